The van der Waals surface area contributed by atoms with Crippen molar-refractivity contribution in [3.05, 3.63) is 28.9 Å². The maximum Gasteiger partial charge on any atom is 0.225 e. The number of rotatable bonds is 2. The number of hydrogen-bond donors (Lipinski definition) is 2. The number of nitrogens with one attached hydrogen (secondary N) is 1. The molecule has 1 saturated heterocycles. The standard InChI is InChI=1S/C18H20ClN3O2/c19-13-3-15(14-7-20-21-16(14)4-13)18(24)5-11-8-22(9-12(11)6-18)17(23)10-1-2-10/h3-4,7,10-12,24H,1-2,5-6,8-9H2,(H,20,21)/t11-,12+,18?. The molecule has 0 spiro atoms. The van der Waals surface area contributed by atoms with Gasteiger partial charge in [-0.3, -0.25) is 9.89 Å². The van der Waals surface area contributed by atoms with Gasteiger partial charge in [0.15, 0.2) is 0 Å². The van der Waals surface area contributed by atoms with Gasteiger partial charge < -0.3 is 10.0 Å². The fourth-order valence-corrected chi connectivity index (χ4v) is 4.96. The molecule has 2 aromatic rings. The Balaban J connectivity index is 1.42. The van der Waals surface area contributed by atoms with Crippen molar-refractivity contribution in [2.75, 3.05) is 13.1 Å². The zero-order valence-corrected chi connectivity index (χ0v) is 14.1. The Labute approximate surface area is 145 Å². The maximum absolute atomic E-state index is 12.3. The van der Waals surface area contributed by atoms with Crippen LogP contribution in [0.2, 0.25) is 5.02 Å². The minimum absolute atomic E-state index is 0.279. The average Bonchev–Trinajstić information content (AvgIpc) is 3.03. The first-order valence-corrected chi connectivity index (χ1v) is 9.05. The molecule has 5 rings (SSSR count). The fourth-order valence-electron chi connectivity index (χ4n) is 4.74. The second-order valence-electron chi connectivity index (χ2n) is 7.76. The molecular formula is C18H20ClN3O2. The lowest BCUT2D eigenvalue weighted by Gasteiger charge is -2.27. The molecule has 5 nitrogen and oxygen atoms in total. The van der Waals surface area contributed by atoms with Gasteiger partial charge in [0.05, 0.1) is 17.3 Å². The highest BCUT2D eigenvalue weighted by atomic mass is 35.5. The van der Waals surface area contributed by atoms with Crippen LogP contribution in [0, 0.1) is 17.8 Å². The third-order valence-electron chi connectivity index (χ3n) is 6.04. The predicted molar refractivity (Wildman–Crippen MR) is 90.5 cm³/mol. The van der Waals surface area contributed by atoms with Crippen molar-refractivity contribution in [3.63, 3.8) is 0 Å². The number of benzene rings is 1. The molecule has 3 fully saturated rings. The number of H-pyrrole nitrogens is 1. The molecule has 1 amide bonds. The molecule has 126 valence electrons. The number of likely N-dealkylation sites (tertiary alicyclic amines) is 1. The number of aliphatic hydroxyl groups is 1. The molecule has 1 aromatic carbocycles. The number of fused-ring (bicyclic) bond motifs is 2. The quantitative estimate of drug-likeness (QED) is 0.879. The van der Waals surface area contributed by atoms with E-state index in [1.54, 1.807) is 6.20 Å². The third kappa shape index (κ3) is 2.18. The SMILES string of the molecule is O=C(C1CC1)N1C[C@@H]2CC(O)(c3cc(Cl)cc4[nH]ncc34)C[C@@H]2C1. The Hall–Kier alpha value is -1.59. The highest BCUT2D eigenvalue weighted by Crippen LogP contribution is 2.51. The van der Waals surface area contributed by atoms with E-state index in [2.05, 4.69) is 10.2 Å². The van der Waals surface area contributed by atoms with Gasteiger partial charge >= 0.3 is 0 Å². The van der Waals surface area contributed by atoms with Gasteiger partial charge in [0.2, 0.25) is 5.91 Å². The monoisotopic (exact) mass is 345 g/mol. The van der Waals surface area contributed by atoms with Gasteiger partial charge in [-0.25, -0.2) is 0 Å². The number of carbonyl (C=O) groups excluding carboxylic acids is 1. The molecule has 3 aliphatic rings. The predicted octanol–water partition coefficient (Wildman–Crippen LogP) is 2.68. The Morgan fingerprint density at radius 1 is 1.29 bits per heavy atom. The molecule has 3 atom stereocenters. The third-order valence-corrected chi connectivity index (χ3v) is 6.26. The molecule has 1 unspecified atom stereocenters. The van der Waals surface area contributed by atoms with Crippen molar-refractivity contribution in [2.45, 2.75) is 31.3 Å². The molecule has 1 aliphatic heterocycles. The van der Waals surface area contributed by atoms with E-state index >= 15 is 0 Å². The Kier molecular flexibility index (Phi) is 3.04. The number of aromatic nitrogens is 2. The molecule has 2 aliphatic carbocycles. The number of nitrogens with zero attached hydrogens (tertiary/aromatic N) is 2. The Bertz CT molecular complexity index is 815. The lowest BCUT2D eigenvalue weighted by molar-refractivity contribution is -0.132. The summed E-state index contributed by atoms with van der Waals surface area (Å²) in [4.78, 5) is 14.3. The molecule has 6 heteroatoms. The average molecular weight is 346 g/mol. The van der Waals surface area contributed by atoms with Gasteiger partial charge in [0.25, 0.3) is 0 Å². The number of hydrogen-bond acceptors (Lipinski definition) is 3. The topological polar surface area (TPSA) is 69.2 Å². The van der Waals surface area contributed by atoms with E-state index < -0.39 is 5.60 Å². The summed E-state index contributed by atoms with van der Waals surface area (Å²) in [7, 11) is 0. The van der Waals surface area contributed by atoms with Crippen LogP contribution in [-0.4, -0.2) is 39.2 Å². The van der Waals surface area contributed by atoms with Crippen LogP contribution in [0.15, 0.2) is 18.3 Å². The summed E-state index contributed by atoms with van der Waals surface area (Å²) in [5, 5.41) is 19.9. The molecule has 24 heavy (non-hydrogen) atoms. The zero-order chi connectivity index (χ0) is 16.5. The fraction of sp³-hybridized carbons (Fsp3) is 0.556. The van der Waals surface area contributed by atoms with Crippen molar-refractivity contribution in [2.24, 2.45) is 17.8 Å². The molecule has 2 heterocycles. The first-order valence-electron chi connectivity index (χ1n) is 8.68. The van der Waals surface area contributed by atoms with E-state index in [-0.39, 0.29) is 5.92 Å². The second kappa shape index (κ2) is 4.96. The largest absolute Gasteiger partial charge is 0.385 e. The van der Waals surface area contributed by atoms with Crippen molar-refractivity contribution in [1.82, 2.24) is 15.1 Å². The molecule has 1 aromatic heterocycles. The molecule has 2 N–H and O–H groups in total. The van der Waals surface area contributed by atoms with Crippen LogP contribution in [0.3, 0.4) is 0 Å². The van der Waals surface area contributed by atoms with E-state index in [4.69, 9.17) is 11.6 Å². The van der Waals surface area contributed by atoms with Gasteiger partial charge in [-0.05, 0) is 55.2 Å². The summed E-state index contributed by atoms with van der Waals surface area (Å²) in [5.41, 5.74) is 0.846. The number of aromatic amines is 1. The summed E-state index contributed by atoms with van der Waals surface area (Å²) in [6.07, 6.45) is 5.24. The Morgan fingerprint density at radius 2 is 2.00 bits per heavy atom. The minimum atomic E-state index is -0.878. The van der Waals surface area contributed by atoms with Crippen LogP contribution in [-0.2, 0) is 10.4 Å². The molecular weight excluding hydrogens is 326 g/mol. The van der Waals surface area contributed by atoms with E-state index in [0.29, 0.717) is 35.6 Å². The van der Waals surface area contributed by atoms with Gasteiger partial charge in [-0.1, -0.05) is 11.6 Å². The van der Waals surface area contributed by atoms with E-state index in [1.165, 1.54) is 0 Å². The molecule has 0 radical (unpaired) electrons. The van der Waals surface area contributed by atoms with Gasteiger partial charge in [-0.2, -0.15) is 5.10 Å². The van der Waals surface area contributed by atoms with Crippen LogP contribution < -0.4 is 0 Å². The lowest BCUT2D eigenvalue weighted by atomic mass is 9.88. The van der Waals surface area contributed by atoms with Crippen molar-refractivity contribution < 1.29 is 9.90 Å². The van der Waals surface area contributed by atoms with Crippen molar-refractivity contribution >= 4 is 28.4 Å². The lowest BCUT2D eigenvalue weighted by Crippen LogP contribution is -2.33. The summed E-state index contributed by atoms with van der Waals surface area (Å²) >= 11 is 6.24. The summed E-state index contributed by atoms with van der Waals surface area (Å²) in [6.45, 7) is 1.58. The molecule has 0 bridgehead atoms. The summed E-state index contributed by atoms with van der Waals surface area (Å²) in [5.74, 6) is 1.35. The minimum Gasteiger partial charge on any atom is -0.385 e. The van der Waals surface area contributed by atoms with Crippen LogP contribution in [0.4, 0.5) is 0 Å². The normalized spacial score (nSPS) is 32.5. The smallest absolute Gasteiger partial charge is 0.225 e. The highest BCUT2D eigenvalue weighted by molar-refractivity contribution is 6.31. The van der Waals surface area contributed by atoms with Gasteiger partial charge in [0.1, 0.15) is 0 Å². The van der Waals surface area contributed by atoms with Crippen LogP contribution in [0.25, 0.3) is 10.9 Å². The van der Waals surface area contributed by atoms with Crippen LogP contribution in [0.5, 0.6) is 0 Å². The van der Waals surface area contributed by atoms with Crippen LogP contribution in [0.1, 0.15) is 31.2 Å². The van der Waals surface area contributed by atoms with E-state index in [0.717, 1.165) is 42.4 Å². The number of carbonyl (C=O) groups is 1. The first-order chi connectivity index (χ1) is 11.5. The molecule has 2 saturated carbocycles. The van der Waals surface area contributed by atoms with Crippen molar-refractivity contribution in [3.8, 4) is 0 Å². The Morgan fingerprint density at radius 3 is 2.67 bits per heavy atom. The van der Waals surface area contributed by atoms with Crippen molar-refractivity contribution in [1.29, 1.82) is 0 Å². The van der Waals surface area contributed by atoms with Gasteiger partial charge in [-0.15, -0.1) is 0 Å². The van der Waals surface area contributed by atoms with E-state index in [9.17, 15) is 9.90 Å². The summed E-state index contributed by atoms with van der Waals surface area (Å²) in [6, 6.07) is 3.70. The highest BCUT2D eigenvalue weighted by Gasteiger charge is 2.51. The number of halogens is 1. The first kappa shape index (κ1) is 14.7. The summed E-state index contributed by atoms with van der Waals surface area (Å²) < 4.78 is 0. The number of amides is 1. The zero-order valence-electron chi connectivity index (χ0n) is 13.3. The second-order valence-corrected chi connectivity index (χ2v) is 8.20. The van der Waals surface area contributed by atoms with Gasteiger partial charge in [0, 0.05) is 29.4 Å². The van der Waals surface area contributed by atoms with E-state index in [1.807, 2.05) is 17.0 Å². The van der Waals surface area contributed by atoms with Crippen LogP contribution >= 0.6 is 11.6 Å². The maximum atomic E-state index is 12.3.